The van der Waals surface area contributed by atoms with Gasteiger partial charge >= 0.3 is 0 Å². The molecule has 0 radical (unpaired) electrons. The molecule has 4 aromatic carbocycles. The van der Waals surface area contributed by atoms with Crippen molar-refractivity contribution < 1.29 is 24.2 Å². The standard InChI is InChI=1S/C41H41N5O5/c1-44-36-24-31(13-16-34(36)40(43-44)35-17-18-37(48)42-41(35)50)51-25-38(49)46-21-19-45(20-22-46)29-10-7-27(8-11-29)39-32(26-5-3-2-4-6-26)14-9-28-23-30(47)12-15-33(28)39/h2-8,10-13,15-16,23-24,32,35,39,47H,9,14,17-22,25H2,1H3,(H,42,48,50)/t32-,35?,39+/m1/s1. The molecule has 2 fully saturated rings. The van der Waals surface area contributed by atoms with E-state index >= 15 is 0 Å². The predicted molar refractivity (Wildman–Crippen MR) is 194 cm³/mol. The van der Waals surface area contributed by atoms with Gasteiger partial charge in [0.05, 0.1) is 17.1 Å². The summed E-state index contributed by atoms with van der Waals surface area (Å²) in [4.78, 5) is 41.5. The Bertz CT molecular complexity index is 2100. The van der Waals surface area contributed by atoms with Crippen LogP contribution in [0.3, 0.4) is 0 Å². The van der Waals surface area contributed by atoms with Crippen molar-refractivity contribution in [3.8, 4) is 11.5 Å². The lowest BCUT2D eigenvalue weighted by molar-refractivity contribution is -0.135. The number of phenols is 1. The first kappa shape index (κ1) is 32.6. The first-order chi connectivity index (χ1) is 24.8. The number of aromatic nitrogens is 2. The van der Waals surface area contributed by atoms with Gasteiger partial charge in [0.25, 0.3) is 5.91 Å². The van der Waals surface area contributed by atoms with E-state index in [0.29, 0.717) is 42.6 Å². The average Bonchev–Trinajstić information content (AvgIpc) is 3.48. The number of ether oxygens (including phenoxy) is 1. The summed E-state index contributed by atoms with van der Waals surface area (Å²) in [5, 5.41) is 18.0. The summed E-state index contributed by atoms with van der Waals surface area (Å²) >= 11 is 0. The lowest BCUT2D eigenvalue weighted by Gasteiger charge is -2.37. The number of hydrogen-bond acceptors (Lipinski definition) is 7. The maximum Gasteiger partial charge on any atom is 0.260 e. The second kappa shape index (κ2) is 13.6. The molecule has 1 aromatic heterocycles. The van der Waals surface area contributed by atoms with Gasteiger partial charge in [-0.05, 0) is 83.8 Å². The topological polar surface area (TPSA) is 117 Å². The van der Waals surface area contributed by atoms with Gasteiger partial charge in [0.1, 0.15) is 11.5 Å². The lowest BCUT2D eigenvalue weighted by Crippen LogP contribution is -2.50. The fourth-order valence-corrected chi connectivity index (χ4v) is 8.19. The summed E-state index contributed by atoms with van der Waals surface area (Å²) in [6.45, 7) is 2.60. The Hall–Kier alpha value is -5.64. The fraction of sp³-hybridized carbons (Fsp3) is 0.317. The van der Waals surface area contributed by atoms with Crippen molar-refractivity contribution in [1.82, 2.24) is 20.0 Å². The van der Waals surface area contributed by atoms with Crippen molar-refractivity contribution in [2.45, 2.75) is 43.4 Å². The molecule has 5 aromatic rings. The number of piperazine rings is 1. The summed E-state index contributed by atoms with van der Waals surface area (Å²) in [6, 6.07) is 31.0. The number of rotatable bonds is 7. The van der Waals surface area contributed by atoms with Gasteiger partial charge in [-0.25, -0.2) is 0 Å². The van der Waals surface area contributed by atoms with Gasteiger partial charge in [-0.3, -0.25) is 24.4 Å². The van der Waals surface area contributed by atoms with E-state index in [4.69, 9.17) is 4.74 Å². The zero-order valence-corrected chi connectivity index (χ0v) is 28.6. The van der Waals surface area contributed by atoms with Crippen molar-refractivity contribution in [2.75, 3.05) is 37.7 Å². The molecule has 51 heavy (non-hydrogen) atoms. The molecule has 2 aliphatic heterocycles. The number of imide groups is 1. The number of aryl methyl sites for hydroxylation is 2. The maximum atomic E-state index is 13.2. The van der Waals surface area contributed by atoms with Gasteiger partial charge in [0.2, 0.25) is 11.8 Å². The van der Waals surface area contributed by atoms with Gasteiger partial charge in [-0.15, -0.1) is 0 Å². The third-order valence-electron chi connectivity index (χ3n) is 10.8. The van der Waals surface area contributed by atoms with Crippen LogP contribution in [0.15, 0.2) is 91.0 Å². The summed E-state index contributed by atoms with van der Waals surface area (Å²) in [5.41, 5.74) is 7.69. The number of nitrogens with zero attached hydrogens (tertiary/aromatic N) is 4. The number of carbonyl (C=O) groups excluding carboxylic acids is 3. The first-order valence-electron chi connectivity index (χ1n) is 17.7. The largest absolute Gasteiger partial charge is 0.508 e. The highest BCUT2D eigenvalue weighted by atomic mass is 16.5. The molecule has 10 heteroatoms. The minimum absolute atomic E-state index is 0.0618. The Morgan fingerprint density at radius 2 is 1.67 bits per heavy atom. The molecular formula is C41H41N5O5. The predicted octanol–water partition coefficient (Wildman–Crippen LogP) is 5.39. The van der Waals surface area contributed by atoms with E-state index in [0.717, 1.165) is 42.5 Å². The Labute approximate surface area is 296 Å². The van der Waals surface area contributed by atoms with Gasteiger partial charge in [0.15, 0.2) is 6.61 Å². The third-order valence-corrected chi connectivity index (χ3v) is 10.8. The van der Waals surface area contributed by atoms with Gasteiger partial charge in [-0.1, -0.05) is 48.5 Å². The minimum Gasteiger partial charge on any atom is -0.508 e. The minimum atomic E-state index is -0.478. The van der Waals surface area contributed by atoms with Crippen LogP contribution >= 0.6 is 0 Å². The molecule has 0 saturated carbocycles. The van der Waals surface area contributed by atoms with E-state index in [2.05, 4.69) is 76.0 Å². The van der Waals surface area contributed by atoms with Crippen molar-refractivity contribution in [2.24, 2.45) is 7.05 Å². The molecule has 3 atom stereocenters. The maximum absolute atomic E-state index is 13.2. The van der Waals surface area contributed by atoms with E-state index in [-0.39, 0.29) is 36.7 Å². The summed E-state index contributed by atoms with van der Waals surface area (Å²) in [6.07, 6.45) is 2.69. The number of amides is 3. The van der Waals surface area contributed by atoms with E-state index in [1.807, 2.05) is 30.1 Å². The van der Waals surface area contributed by atoms with Crippen LogP contribution in [0.4, 0.5) is 5.69 Å². The molecule has 3 amide bonds. The average molecular weight is 684 g/mol. The van der Waals surface area contributed by atoms with E-state index in [1.54, 1.807) is 16.8 Å². The summed E-state index contributed by atoms with van der Waals surface area (Å²) in [5.74, 6) is 0.313. The Morgan fingerprint density at radius 3 is 2.43 bits per heavy atom. The van der Waals surface area contributed by atoms with Crippen LogP contribution < -0.4 is 15.0 Å². The molecule has 0 bridgehead atoms. The molecule has 1 aliphatic carbocycles. The quantitative estimate of drug-likeness (QED) is 0.221. The highest BCUT2D eigenvalue weighted by Gasteiger charge is 2.33. The van der Waals surface area contributed by atoms with Gasteiger partial charge in [-0.2, -0.15) is 5.10 Å². The molecule has 10 nitrogen and oxygen atoms in total. The molecule has 2 N–H and O–H groups in total. The SMILES string of the molecule is Cn1nc(C2CCC(=O)NC2=O)c2ccc(OCC(=O)N3CCN(c4ccc([C@@H]5c6ccc(O)cc6CC[C@@H]5c5ccccc5)cc4)CC3)cc21. The monoisotopic (exact) mass is 683 g/mol. The van der Waals surface area contributed by atoms with Crippen LogP contribution in [0, 0.1) is 0 Å². The van der Waals surface area contributed by atoms with Crippen LogP contribution in [0.5, 0.6) is 11.5 Å². The number of benzene rings is 4. The van der Waals surface area contributed by atoms with Crippen LogP contribution in [0.2, 0.25) is 0 Å². The summed E-state index contributed by atoms with van der Waals surface area (Å²) < 4.78 is 7.65. The highest BCUT2D eigenvalue weighted by molar-refractivity contribution is 6.02. The molecule has 3 heterocycles. The van der Waals surface area contributed by atoms with Crippen molar-refractivity contribution in [1.29, 1.82) is 0 Å². The fourth-order valence-electron chi connectivity index (χ4n) is 8.19. The van der Waals surface area contributed by atoms with Crippen LogP contribution in [-0.2, 0) is 27.9 Å². The van der Waals surface area contributed by atoms with Crippen molar-refractivity contribution in [3.63, 3.8) is 0 Å². The molecule has 8 rings (SSSR count). The number of aromatic hydroxyl groups is 1. The number of fused-ring (bicyclic) bond motifs is 2. The second-order valence-electron chi connectivity index (χ2n) is 13.9. The smallest absolute Gasteiger partial charge is 0.260 e. The van der Waals surface area contributed by atoms with Crippen molar-refractivity contribution in [3.05, 3.63) is 119 Å². The normalized spacial score (nSPS) is 20.6. The molecular weight excluding hydrogens is 642 g/mol. The zero-order chi connectivity index (χ0) is 35.1. The van der Waals surface area contributed by atoms with E-state index in [1.165, 1.54) is 22.3 Å². The number of nitrogens with one attached hydrogen (secondary N) is 1. The van der Waals surface area contributed by atoms with Crippen LogP contribution in [0.25, 0.3) is 10.9 Å². The number of anilines is 1. The number of carbonyl (C=O) groups is 3. The van der Waals surface area contributed by atoms with E-state index < -0.39 is 5.92 Å². The lowest BCUT2D eigenvalue weighted by atomic mass is 9.69. The Kier molecular flexibility index (Phi) is 8.67. The first-order valence-corrected chi connectivity index (χ1v) is 17.7. The molecule has 3 aliphatic rings. The van der Waals surface area contributed by atoms with E-state index in [9.17, 15) is 19.5 Å². The van der Waals surface area contributed by atoms with Gasteiger partial charge < -0.3 is 19.6 Å². The zero-order valence-electron chi connectivity index (χ0n) is 28.6. The van der Waals surface area contributed by atoms with Crippen LogP contribution in [-0.4, -0.2) is 70.3 Å². The molecule has 2 saturated heterocycles. The highest BCUT2D eigenvalue weighted by Crippen LogP contribution is 2.47. The Balaban J connectivity index is 0.896. The number of phenolic OH excluding ortho intramolecular Hbond substituents is 1. The number of hydrogen-bond donors (Lipinski definition) is 2. The Morgan fingerprint density at radius 1 is 0.882 bits per heavy atom. The molecule has 260 valence electrons. The van der Waals surface area contributed by atoms with Crippen molar-refractivity contribution >= 4 is 34.3 Å². The van der Waals surface area contributed by atoms with Gasteiger partial charge in [0, 0.05) is 62.7 Å². The second-order valence-corrected chi connectivity index (χ2v) is 13.9. The molecule has 1 unspecified atom stereocenters. The van der Waals surface area contributed by atoms with Crippen LogP contribution in [0.1, 0.15) is 65.0 Å². The summed E-state index contributed by atoms with van der Waals surface area (Å²) in [7, 11) is 1.81. The molecule has 0 spiro atoms. The number of piperidine rings is 1. The third kappa shape index (κ3) is 6.42.